The van der Waals surface area contributed by atoms with Gasteiger partial charge in [0, 0.05) is 46.1 Å². The molecule has 3 aliphatic rings. The SMILES string of the molecule is CC(=O)N1CCN(S(=O)(=O)c2cc3c4c(c2)CCC(=O)N4CCC3)CC1. The molecular formula is C18H23N3O4S. The van der Waals surface area contributed by atoms with E-state index in [9.17, 15) is 18.0 Å². The fraction of sp³-hybridized carbons (Fsp3) is 0.556. The van der Waals surface area contributed by atoms with E-state index < -0.39 is 10.0 Å². The lowest BCUT2D eigenvalue weighted by Crippen LogP contribution is -2.50. The summed E-state index contributed by atoms with van der Waals surface area (Å²) in [7, 11) is -3.59. The lowest BCUT2D eigenvalue weighted by atomic mass is 9.92. The molecule has 4 rings (SSSR count). The molecule has 0 bridgehead atoms. The normalized spacial score (nSPS) is 20.9. The highest BCUT2D eigenvalue weighted by Gasteiger charge is 2.34. The summed E-state index contributed by atoms with van der Waals surface area (Å²) in [5.41, 5.74) is 2.86. The van der Waals surface area contributed by atoms with Crippen LogP contribution in [0.5, 0.6) is 0 Å². The van der Waals surface area contributed by atoms with Crippen molar-refractivity contribution < 1.29 is 18.0 Å². The van der Waals surface area contributed by atoms with Gasteiger partial charge in [-0.15, -0.1) is 0 Å². The van der Waals surface area contributed by atoms with Crippen LogP contribution in [0.25, 0.3) is 0 Å². The van der Waals surface area contributed by atoms with Crippen LogP contribution in [-0.4, -0.2) is 62.2 Å². The van der Waals surface area contributed by atoms with Crippen molar-refractivity contribution in [3.05, 3.63) is 23.3 Å². The number of piperazine rings is 1. The first-order chi connectivity index (χ1) is 12.4. The number of benzene rings is 1. The first-order valence-electron chi connectivity index (χ1n) is 9.10. The lowest BCUT2D eigenvalue weighted by Gasteiger charge is -2.36. The second-order valence-electron chi connectivity index (χ2n) is 7.15. The molecule has 0 spiro atoms. The number of carbonyl (C=O) groups is 2. The van der Waals surface area contributed by atoms with Gasteiger partial charge >= 0.3 is 0 Å². The topological polar surface area (TPSA) is 78.0 Å². The molecule has 1 saturated heterocycles. The highest BCUT2D eigenvalue weighted by atomic mass is 32.2. The number of aryl methyl sites for hydroxylation is 2. The van der Waals surface area contributed by atoms with E-state index in [0.717, 1.165) is 36.2 Å². The molecule has 2 amide bonds. The average Bonchev–Trinajstić information content (AvgIpc) is 2.64. The minimum Gasteiger partial charge on any atom is -0.340 e. The molecule has 0 aromatic heterocycles. The predicted octanol–water partition coefficient (Wildman–Crippen LogP) is 0.765. The molecule has 0 unspecified atom stereocenters. The molecular weight excluding hydrogens is 354 g/mol. The summed E-state index contributed by atoms with van der Waals surface area (Å²) in [5.74, 6) is 0.111. The fourth-order valence-electron chi connectivity index (χ4n) is 4.16. The number of amides is 2. The molecule has 1 aromatic rings. The van der Waals surface area contributed by atoms with Gasteiger partial charge in [-0.3, -0.25) is 9.59 Å². The Hall–Kier alpha value is -1.93. The Morgan fingerprint density at radius 1 is 0.962 bits per heavy atom. The number of sulfonamides is 1. The van der Waals surface area contributed by atoms with Crippen LogP contribution in [0.15, 0.2) is 17.0 Å². The minimum atomic E-state index is -3.59. The molecule has 7 nitrogen and oxygen atoms in total. The summed E-state index contributed by atoms with van der Waals surface area (Å²) in [6.07, 6.45) is 2.69. The van der Waals surface area contributed by atoms with Crippen molar-refractivity contribution in [2.45, 2.75) is 37.5 Å². The van der Waals surface area contributed by atoms with Crippen molar-refractivity contribution in [3.63, 3.8) is 0 Å². The standard InChI is InChI=1S/C18H23N3O4S/c1-13(22)19-7-9-20(10-8-19)26(24,25)16-11-14-3-2-6-21-17(23)5-4-15(12-16)18(14)21/h11-12H,2-10H2,1H3. The number of anilines is 1. The van der Waals surface area contributed by atoms with Gasteiger partial charge in [0.1, 0.15) is 0 Å². The second-order valence-corrected chi connectivity index (χ2v) is 9.09. The van der Waals surface area contributed by atoms with Crippen molar-refractivity contribution >= 4 is 27.5 Å². The van der Waals surface area contributed by atoms with E-state index in [1.165, 1.54) is 11.2 Å². The maximum absolute atomic E-state index is 13.1. The Morgan fingerprint density at radius 3 is 2.27 bits per heavy atom. The van der Waals surface area contributed by atoms with E-state index >= 15 is 0 Å². The van der Waals surface area contributed by atoms with Gasteiger partial charge in [-0.1, -0.05) is 0 Å². The Labute approximate surface area is 153 Å². The highest BCUT2D eigenvalue weighted by Crippen LogP contribution is 2.38. The molecule has 0 aliphatic carbocycles. The van der Waals surface area contributed by atoms with Gasteiger partial charge in [0.25, 0.3) is 0 Å². The van der Waals surface area contributed by atoms with Crippen LogP contribution in [-0.2, 0) is 32.5 Å². The summed E-state index contributed by atoms with van der Waals surface area (Å²) in [6, 6.07) is 3.49. The van der Waals surface area contributed by atoms with Gasteiger partial charge in [0.2, 0.25) is 21.8 Å². The van der Waals surface area contributed by atoms with E-state index in [2.05, 4.69) is 0 Å². The zero-order chi connectivity index (χ0) is 18.5. The lowest BCUT2D eigenvalue weighted by molar-refractivity contribution is -0.130. The number of hydrogen-bond acceptors (Lipinski definition) is 4. The first-order valence-corrected chi connectivity index (χ1v) is 10.5. The number of hydrogen-bond donors (Lipinski definition) is 0. The summed E-state index contributed by atoms with van der Waals surface area (Å²) in [5, 5.41) is 0. The van der Waals surface area contributed by atoms with Crippen LogP contribution in [0.3, 0.4) is 0 Å². The first kappa shape index (κ1) is 17.5. The second kappa shape index (κ2) is 6.35. The Kier molecular flexibility index (Phi) is 4.27. The monoisotopic (exact) mass is 377 g/mol. The van der Waals surface area contributed by atoms with Gasteiger partial charge in [-0.05, 0) is 42.5 Å². The van der Waals surface area contributed by atoms with Crippen LogP contribution in [0.2, 0.25) is 0 Å². The largest absolute Gasteiger partial charge is 0.340 e. The van der Waals surface area contributed by atoms with Crippen LogP contribution in [0.1, 0.15) is 30.9 Å². The fourth-order valence-corrected chi connectivity index (χ4v) is 5.69. The van der Waals surface area contributed by atoms with Crippen LogP contribution in [0, 0.1) is 0 Å². The molecule has 0 atom stereocenters. The summed E-state index contributed by atoms with van der Waals surface area (Å²) < 4.78 is 27.7. The molecule has 8 heteroatoms. The number of nitrogens with zero attached hydrogens (tertiary/aromatic N) is 3. The third-order valence-corrected chi connectivity index (χ3v) is 7.45. The van der Waals surface area contributed by atoms with Gasteiger partial charge in [-0.25, -0.2) is 8.42 Å². The molecule has 0 radical (unpaired) electrons. The maximum Gasteiger partial charge on any atom is 0.243 e. The van der Waals surface area contributed by atoms with Gasteiger partial charge in [-0.2, -0.15) is 4.31 Å². The molecule has 1 aromatic carbocycles. The number of carbonyl (C=O) groups excluding carboxylic acids is 2. The van der Waals surface area contributed by atoms with Crippen LogP contribution in [0.4, 0.5) is 5.69 Å². The minimum absolute atomic E-state index is 0.0231. The van der Waals surface area contributed by atoms with Crippen molar-refractivity contribution in [2.24, 2.45) is 0 Å². The quantitative estimate of drug-likeness (QED) is 0.763. The van der Waals surface area contributed by atoms with Crippen molar-refractivity contribution in [1.29, 1.82) is 0 Å². The molecule has 140 valence electrons. The molecule has 3 heterocycles. The average molecular weight is 377 g/mol. The Morgan fingerprint density at radius 2 is 1.62 bits per heavy atom. The van der Waals surface area contributed by atoms with E-state index in [1.54, 1.807) is 17.0 Å². The van der Waals surface area contributed by atoms with Gasteiger partial charge in [0.15, 0.2) is 0 Å². The molecule has 0 N–H and O–H groups in total. The van der Waals surface area contributed by atoms with E-state index in [-0.39, 0.29) is 11.8 Å². The molecule has 3 aliphatic heterocycles. The molecule has 1 fully saturated rings. The summed E-state index contributed by atoms with van der Waals surface area (Å²) in [4.78, 5) is 27.4. The van der Waals surface area contributed by atoms with E-state index in [0.29, 0.717) is 43.9 Å². The third kappa shape index (κ3) is 2.81. The zero-order valence-corrected chi connectivity index (χ0v) is 15.7. The Balaban J connectivity index is 1.66. The summed E-state index contributed by atoms with van der Waals surface area (Å²) in [6.45, 7) is 3.71. The van der Waals surface area contributed by atoms with Crippen LogP contribution >= 0.6 is 0 Å². The van der Waals surface area contributed by atoms with Crippen molar-refractivity contribution in [3.8, 4) is 0 Å². The Bertz CT molecular complexity index is 855. The zero-order valence-electron chi connectivity index (χ0n) is 14.9. The highest BCUT2D eigenvalue weighted by molar-refractivity contribution is 7.89. The van der Waals surface area contributed by atoms with E-state index in [1.807, 2.05) is 4.90 Å². The maximum atomic E-state index is 13.1. The van der Waals surface area contributed by atoms with Gasteiger partial charge in [0.05, 0.1) is 10.6 Å². The van der Waals surface area contributed by atoms with Crippen molar-refractivity contribution in [2.75, 3.05) is 37.6 Å². The molecule has 26 heavy (non-hydrogen) atoms. The smallest absolute Gasteiger partial charge is 0.243 e. The number of rotatable bonds is 2. The summed E-state index contributed by atoms with van der Waals surface area (Å²) >= 11 is 0. The predicted molar refractivity (Wildman–Crippen MR) is 96.4 cm³/mol. The van der Waals surface area contributed by atoms with E-state index in [4.69, 9.17) is 0 Å². The van der Waals surface area contributed by atoms with Crippen molar-refractivity contribution in [1.82, 2.24) is 9.21 Å². The van der Waals surface area contributed by atoms with Crippen LogP contribution < -0.4 is 4.90 Å². The third-order valence-electron chi connectivity index (χ3n) is 5.57. The molecule has 0 saturated carbocycles. The van der Waals surface area contributed by atoms with Gasteiger partial charge < -0.3 is 9.80 Å².